The van der Waals surface area contributed by atoms with Gasteiger partial charge in [-0.05, 0) is 31.1 Å². The van der Waals surface area contributed by atoms with Crippen LogP contribution in [0.2, 0.25) is 0 Å². The van der Waals surface area contributed by atoms with E-state index in [0.717, 1.165) is 37.0 Å². The van der Waals surface area contributed by atoms with Gasteiger partial charge < -0.3 is 4.74 Å². The maximum atomic E-state index is 12.4. The molecular formula is C13H20N2O4S2. The van der Waals surface area contributed by atoms with Gasteiger partial charge in [-0.1, -0.05) is 13.8 Å². The average Bonchev–Trinajstić information content (AvgIpc) is 2.90. The van der Waals surface area contributed by atoms with E-state index in [-0.39, 0.29) is 21.4 Å². The summed E-state index contributed by atoms with van der Waals surface area (Å²) in [6, 6.07) is -0.0874. The molecule has 1 aliphatic carbocycles. The van der Waals surface area contributed by atoms with E-state index >= 15 is 0 Å². The van der Waals surface area contributed by atoms with E-state index < -0.39 is 16.0 Å². The number of carbonyl (C=O) groups is 1. The third kappa shape index (κ3) is 3.81. The number of carbonyl (C=O) groups excluding carboxylic acids is 1. The average molecular weight is 332 g/mol. The van der Waals surface area contributed by atoms with Crippen molar-refractivity contribution in [2.45, 2.75) is 49.8 Å². The molecule has 0 saturated heterocycles. The summed E-state index contributed by atoms with van der Waals surface area (Å²) in [6.07, 6.45) is 3.57. The maximum absolute atomic E-state index is 12.4. The quantitative estimate of drug-likeness (QED) is 0.854. The maximum Gasteiger partial charge on any atom is 0.358 e. The van der Waals surface area contributed by atoms with Crippen LogP contribution in [0.1, 0.15) is 50.0 Å². The first-order valence-corrected chi connectivity index (χ1v) is 9.15. The highest BCUT2D eigenvalue weighted by atomic mass is 32.2. The van der Waals surface area contributed by atoms with E-state index in [1.54, 1.807) is 0 Å². The third-order valence-electron chi connectivity index (χ3n) is 3.82. The minimum Gasteiger partial charge on any atom is -0.464 e. The van der Waals surface area contributed by atoms with Gasteiger partial charge in [0.05, 0.1) is 12.6 Å². The molecule has 0 atom stereocenters. The van der Waals surface area contributed by atoms with Gasteiger partial charge >= 0.3 is 5.97 Å². The fourth-order valence-electron chi connectivity index (χ4n) is 2.45. The Morgan fingerprint density at radius 2 is 2.05 bits per heavy atom. The normalized spacial score (nSPS) is 19.4. The second-order valence-electron chi connectivity index (χ2n) is 6.04. The molecule has 1 aliphatic rings. The number of methoxy groups -OCH3 is 1. The van der Waals surface area contributed by atoms with Crippen LogP contribution in [0.15, 0.2) is 9.72 Å². The van der Waals surface area contributed by atoms with Crippen LogP contribution in [0, 0.1) is 5.41 Å². The molecule has 0 amide bonds. The molecule has 1 fully saturated rings. The monoisotopic (exact) mass is 332 g/mol. The van der Waals surface area contributed by atoms with Crippen molar-refractivity contribution in [3.8, 4) is 0 Å². The van der Waals surface area contributed by atoms with Crippen LogP contribution < -0.4 is 4.72 Å². The van der Waals surface area contributed by atoms with Gasteiger partial charge in [-0.25, -0.2) is 22.9 Å². The molecule has 0 spiro atoms. The zero-order valence-corrected chi connectivity index (χ0v) is 14.0. The van der Waals surface area contributed by atoms with Gasteiger partial charge in [0, 0.05) is 6.04 Å². The van der Waals surface area contributed by atoms with E-state index in [2.05, 4.69) is 28.3 Å². The SMILES string of the molecule is COC(=O)c1ncsc1S(=O)(=O)NC1CCC(C)(C)CC1. The molecule has 0 radical (unpaired) electrons. The summed E-state index contributed by atoms with van der Waals surface area (Å²) >= 11 is 0.926. The number of nitrogens with one attached hydrogen (secondary N) is 1. The van der Waals surface area contributed by atoms with Crippen molar-refractivity contribution in [2.75, 3.05) is 7.11 Å². The van der Waals surface area contributed by atoms with Crippen molar-refractivity contribution in [1.82, 2.24) is 9.71 Å². The Bertz CT molecular complexity index is 612. The Balaban J connectivity index is 2.13. The lowest BCUT2D eigenvalue weighted by Crippen LogP contribution is -2.39. The first-order valence-electron chi connectivity index (χ1n) is 6.79. The second-order valence-corrected chi connectivity index (χ2v) is 8.80. The van der Waals surface area contributed by atoms with E-state index in [0.29, 0.717) is 0 Å². The van der Waals surface area contributed by atoms with Crippen LogP contribution in [-0.2, 0) is 14.8 Å². The van der Waals surface area contributed by atoms with Gasteiger partial charge in [-0.15, -0.1) is 11.3 Å². The van der Waals surface area contributed by atoms with Gasteiger partial charge in [0.25, 0.3) is 10.0 Å². The summed E-state index contributed by atoms with van der Waals surface area (Å²) in [6.45, 7) is 4.38. The van der Waals surface area contributed by atoms with Crippen molar-refractivity contribution in [1.29, 1.82) is 0 Å². The molecule has 0 unspecified atom stereocenters. The van der Waals surface area contributed by atoms with Gasteiger partial charge in [0.15, 0.2) is 9.90 Å². The summed E-state index contributed by atoms with van der Waals surface area (Å²) in [7, 11) is -2.53. The molecule has 0 aromatic carbocycles. The molecule has 1 saturated carbocycles. The van der Waals surface area contributed by atoms with E-state index in [9.17, 15) is 13.2 Å². The number of aromatic nitrogens is 1. The van der Waals surface area contributed by atoms with Gasteiger partial charge in [-0.2, -0.15) is 0 Å². The standard InChI is InChI=1S/C13H20N2O4S2/c1-13(2)6-4-9(5-7-13)15-21(17,18)12-10(11(16)19-3)14-8-20-12/h8-9,15H,4-7H2,1-3H3. The molecule has 6 nitrogen and oxygen atoms in total. The Kier molecular flexibility index (Phi) is 4.69. The number of ether oxygens (including phenoxy) is 1. The highest BCUT2D eigenvalue weighted by Crippen LogP contribution is 2.35. The molecule has 1 aromatic heterocycles. The Labute approximate surface area is 129 Å². The van der Waals surface area contributed by atoms with Crippen molar-refractivity contribution in [3.05, 3.63) is 11.2 Å². The molecular weight excluding hydrogens is 312 g/mol. The predicted octanol–water partition coefficient (Wildman–Crippen LogP) is 2.18. The molecule has 1 aromatic rings. The van der Waals surface area contributed by atoms with Crippen LogP contribution in [-0.4, -0.2) is 32.5 Å². The van der Waals surface area contributed by atoms with Gasteiger partial charge in [-0.3, -0.25) is 0 Å². The van der Waals surface area contributed by atoms with E-state index in [1.165, 1.54) is 12.6 Å². The van der Waals surface area contributed by atoms with Crippen LogP contribution in [0.5, 0.6) is 0 Å². The number of thiazole rings is 1. The zero-order chi connectivity index (χ0) is 15.7. The Morgan fingerprint density at radius 3 is 2.62 bits per heavy atom. The number of sulfonamides is 1. The Hall–Kier alpha value is -0.990. The molecule has 0 bridgehead atoms. The minimum absolute atomic E-state index is 0.0702. The lowest BCUT2D eigenvalue weighted by Gasteiger charge is -2.34. The lowest BCUT2D eigenvalue weighted by atomic mass is 9.76. The largest absolute Gasteiger partial charge is 0.464 e. The smallest absolute Gasteiger partial charge is 0.358 e. The van der Waals surface area contributed by atoms with Crippen LogP contribution in [0.25, 0.3) is 0 Å². The number of hydrogen-bond donors (Lipinski definition) is 1. The summed E-state index contributed by atoms with van der Waals surface area (Å²) in [5, 5.41) is 0. The Morgan fingerprint density at radius 1 is 1.43 bits per heavy atom. The topological polar surface area (TPSA) is 85.4 Å². The summed E-state index contributed by atoms with van der Waals surface area (Å²) in [4.78, 5) is 15.3. The van der Waals surface area contributed by atoms with E-state index in [1.807, 2.05) is 0 Å². The fraction of sp³-hybridized carbons (Fsp3) is 0.692. The lowest BCUT2D eigenvalue weighted by molar-refractivity contribution is 0.0590. The number of esters is 1. The number of rotatable bonds is 4. The molecule has 1 N–H and O–H groups in total. The summed E-state index contributed by atoms with van der Waals surface area (Å²) < 4.78 is 32.0. The van der Waals surface area contributed by atoms with Gasteiger partial charge in [0.2, 0.25) is 0 Å². The number of hydrogen-bond acceptors (Lipinski definition) is 6. The fourth-order valence-corrected chi connectivity index (χ4v) is 4.90. The zero-order valence-electron chi connectivity index (χ0n) is 12.4. The first kappa shape index (κ1) is 16.4. The van der Waals surface area contributed by atoms with Crippen molar-refractivity contribution in [3.63, 3.8) is 0 Å². The van der Waals surface area contributed by atoms with Crippen LogP contribution >= 0.6 is 11.3 Å². The molecule has 8 heteroatoms. The van der Waals surface area contributed by atoms with Crippen molar-refractivity contribution >= 4 is 27.3 Å². The van der Waals surface area contributed by atoms with E-state index in [4.69, 9.17) is 0 Å². The van der Waals surface area contributed by atoms with Gasteiger partial charge in [0.1, 0.15) is 0 Å². The summed E-state index contributed by atoms with van der Waals surface area (Å²) in [5.74, 6) is -0.735. The van der Waals surface area contributed by atoms with Crippen molar-refractivity contribution in [2.24, 2.45) is 5.41 Å². The highest BCUT2D eigenvalue weighted by Gasteiger charge is 2.32. The minimum atomic E-state index is -3.73. The van der Waals surface area contributed by atoms with Crippen molar-refractivity contribution < 1.29 is 17.9 Å². The molecule has 118 valence electrons. The second kappa shape index (κ2) is 6.02. The molecule has 2 rings (SSSR count). The number of nitrogens with zero attached hydrogens (tertiary/aromatic N) is 1. The summed E-state index contributed by atoms with van der Waals surface area (Å²) in [5.41, 5.74) is 1.46. The predicted molar refractivity (Wildman–Crippen MR) is 79.8 cm³/mol. The molecule has 21 heavy (non-hydrogen) atoms. The van der Waals surface area contributed by atoms with Crippen LogP contribution in [0.4, 0.5) is 0 Å². The third-order valence-corrected chi connectivity index (χ3v) is 6.71. The molecule has 1 heterocycles. The first-order chi connectivity index (χ1) is 9.75. The molecule has 0 aliphatic heterocycles. The van der Waals surface area contributed by atoms with Crippen LogP contribution in [0.3, 0.4) is 0 Å². The highest BCUT2D eigenvalue weighted by molar-refractivity contribution is 7.91.